The maximum atomic E-state index is 4.30. The third kappa shape index (κ3) is 3.33. The second-order valence-electron chi connectivity index (χ2n) is 6.30. The number of hydrogen-bond donors (Lipinski definition) is 0. The summed E-state index contributed by atoms with van der Waals surface area (Å²) in [7, 11) is 0. The molecule has 0 radical (unpaired) electrons. The Labute approximate surface area is 116 Å². The van der Waals surface area contributed by atoms with Gasteiger partial charge in [0.2, 0.25) is 0 Å². The Kier molecular flexibility index (Phi) is 4.12. The van der Waals surface area contributed by atoms with Crippen LogP contribution in [0.15, 0.2) is 12.4 Å². The molecule has 104 valence electrons. The lowest BCUT2D eigenvalue weighted by molar-refractivity contribution is 0.183. The highest BCUT2D eigenvalue weighted by molar-refractivity contribution is 5.04. The lowest BCUT2D eigenvalue weighted by atomic mass is 9.73. The van der Waals surface area contributed by atoms with Crippen LogP contribution in [0, 0.1) is 18.8 Å². The summed E-state index contributed by atoms with van der Waals surface area (Å²) in [5.41, 5.74) is 1.26. The van der Waals surface area contributed by atoms with Gasteiger partial charge in [-0.2, -0.15) is 0 Å². The van der Waals surface area contributed by atoms with Gasteiger partial charge in [0, 0.05) is 24.5 Å². The minimum Gasteiger partial charge on any atom is -0.299 e. The third-order valence-corrected chi connectivity index (χ3v) is 4.92. The summed E-state index contributed by atoms with van der Waals surface area (Å²) < 4.78 is 0. The molecule has 1 unspecified atom stereocenters. The van der Waals surface area contributed by atoms with E-state index in [-0.39, 0.29) is 0 Å². The molecule has 1 aliphatic carbocycles. The van der Waals surface area contributed by atoms with Crippen molar-refractivity contribution < 1.29 is 0 Å². The van der Waals surface area contributed by atoms with Gasteiger partial charge in [-0.1, -0.05) is 19.3 Å². The predicted molar refractivity (Wildman–Crippen MR) is 76.7 cm³/mol. The van der Waals surface area contributed by atoms with Crippen LogP contribution in [0.4, 0.5) is 0 Å². The monoisotopic (exact) mass is 259 g/mol. The summed E-state index contributed by atoms with van der Waals surface area (Å²) in [4.78, 5) is 11.2. The number of aryl methyl sites for hydroxylation is 1. The van der Waals surface area contributed by atoms with E-state index in [0.717, 1.165) is 24.2 Å². The highest BCUT2D eigenvalue weighted by atomic mass is 15.1. The van der Waals surface area contributed by atoms with E-state index in [2.05, 4.69) is 14.9 Å². The fourth-order valence-electron chi connectivity index (χ4n) is 3.48. The fraction of sp³-hybridized carbons (Fsp3) is 0.750. The van der Waals surface area contributed by atoms with Crippen LogP contribution >= 0.6 is 0 Å². The molecular formula is C16H25N3. The Morgan fingerprint density at radius 3 is 2.37 bits per heavy atom. The first-order valence-corrected chi connectivity index (χ1v) is 7.81. The van der Waals surface area contributed by atoms with E-state index >= 15 is 0 Å². The van der Waals surface area contributed by atoms with Crippen molar-refractivity contribution in [2.75, 3.05) is 13.1 Å². The first kappa shape index (κ1) is 13.0. The molecule has 3 heteroatoms. The maximum absolute atomic E-state index is 4.30. The molecule has 3 nitrogen and oxygen atoms in total. The zero-order valence-electron chi connectivity index (χ0n) is 12.0. The Bertz CT molecular complexity index is 397. The van der Waals surface area contributed by atoms with Crippen molar-refractivity contribution in [2.45, 2.75) is 52.0 Å². The van der Waals surface area contributed by atoms with E-state index in [1.807, 2.05) is 19.3 Å². The molecule has 3 rings (SSSR count). The smallest absolute Gasteiger partial charge is 0.125 e. The molecule has 0 N–H and O–H groups in total. The number of rotatable bonds is 3. The van der Waals surface area contributed by atoms with Crippen molar-refractivity contribution in [1.29, 1.82) is 0 Å². The van der Waals surface area contributed by atoms with E-state index < -0.39 is 0 Å². The van der Waals surface area contributed by atoms with Crippen LogP contribution in [0.3, 0.4) is 0 Å². The molecule has 1 aromatic rings. The van der Waals surface area contributed by atoms with E-state index in [0.29, 0.717) is 0 Å². The lowest BCUT2D eigenvalue weighted by Crippen LogP contribution is -2.26. The molecule has 1 saturated carbocycles. The molecule has 0 spiro atoms. The maximum Gasteiger partial charge on any atom is 0.125 e. The van der Waals surface area contributed by atoms with Crippen molar-refractivity contribution in [2.24, 2.45) is 11.8 Å². The number of aromatic nitrogens is 2. The molecule has 0 bridgehead atoms. The van der Waals surface area contributed by atoms with Crippen molar-refractivity contribution in [1.82, 2.24) is 14.9 Å². The zero-order chi connectivity index (χ0) is 13.1. The summed E-state index contributed by atoms with van der Waals surface area (Å²) in [6.45, 7) is 5.47. The molecule has 1 aromatic heterocycles. The minimum atomic E-state index is 0.865. The number of hydrogen-bond acceptors (Lipinski definition) is 3. The highest BCUT2D eigenvalue weighted by Crippen LogP contribution is 2.38. The molecule has 2 heterocycles. The van der Waals surface area contributed by atoms with Gasteiger partial charge >= 0.3 is 0 Å². The standard InChI is InChI=1S/C16H25N3/c1-13-17-10-14(11-18-13)12-19-8-3-6-16(7-9-19)15-4-2-5-15/h10-11,15-16H,2-9,12H2,1H3. The summed E-state index contributed by atoms with van der Waals surface area (Å²) >= 11 is 0. The van der Waals surface area contributed by atoms with E-state index in [1.165, 1.54) is 57.2 Å². The van der Waals surface area contributed by atoms with Gasteiger partial charge in [-0.05, 0) is 51.1 Å². The van der Waals surface area contributed by atoms with Crippen molar-refractivity contribution >= 4 is 0 Å². The molecule has 1 atom stereocenters. The third-order valence-electron chi connectivity index (χ3n) is 4.92. The summed E-state index contributed by atoms with van der Waals surface area (Å²) in [6.07, 6.45) is 12.7. The SMILES string of the molecule is Cc1ncc(CN2CCCC(C3CCC3)CC2)cn1. The lowest BCUT2D eigenvalue weighted by Gasteiger charge is -2.33. The zero-order valence-corrected chi connectivity index (χ0v) is 12.0. The summed E-state index contributed by atoms with van der Waals surface area (Å²) in [5, 5.41) is 0. The highest BCUT2D eigenvalue weighted by Gasteiger charge is 2.28. The van der Waals surface area contributed by atoms with E-state index in [1.54, 1.807) is 0 Å². The normalized spacial score (nSPS) is 25.8. The van der Waals surface area contributed by atoms with Crippen molar-refractivity contribution in [3.8, 4) is 0 Å². The van der Waals surface area contributed by atoms with Gasteiger partial charge in [-0.25, -0.2) is 9.97 Å². The summed E-state index contributed by atoms with van der Waals surface area (Å²) in [5.74, 6) is 2.93. The van der Waals surface area contributed by atoms with Crippen molar-refractivity contribution in [3.63, 3.8) is 0 Å². The average molecular weight is 259 g/mol. The molecule has 1 aliphatic heterocycles. The van der Waals surface area contributed by atoms with Gasteiger partial charge in [0.05, 0.1) is 0 Å². The van der Waals surface area contributed by atoms with Crippen LogP contribution in [-0.2, 0) is 6.54 Å². The Morgan fingerprint density at radius 1 is 1.00 bits per heavy atom. The quantitative estimate of drug-likeness (QED) is 0.835. The van der Waals surface area contributed by atoms with Crippen LogP contribution < -0.4 is 0 Å². The first-order chi connectivity index (χ1) is 9.31. The topological polar surface area (TPSA) is 29.0 Å². The number of nitrogens with zero attached hydrogens (tertiary/aromatic N) is 3. The van der Waals surface area contributed by atoms with Crippen LogP contribution in [-0.4, -0.2) is 28.0 Å². The van der Waals surface area contributed by atoms with E-state index in [4.69, 9.17) is 0 Å². The minimum absolute atomic E-state index is 0.865. The van der Waals surface area contributed by atoms with Gasteiger partial charge in [0.25, 0.3) is 0 Å². The van der Waals surface area contributed by atoms with Gasteiger partial charge in [-0.3, -0.25) is 4.90 Å². The molecule has 19 heavy (non-hydrogen) atoms. The average Bonchev–Trinajstić information content (AvgIpc) is 2.56. The van der Waals surface area contributed by atoms with Crippen LogP contribution in [0.2, 0.25) is 0 Å². The molecule has 0 aromatic carbocycles. The molecule has 0 amide bonds. The molecule has 1 saturated heterocycles. The Hall–Kier alpha value is -0.960. The second kappa shape index (κ2) is 6.00. The van der Waals surface area contributed by atoms with Gasteiger partial charge in [0.1, 0.15) is 5.82 Å². The Morgan fingerprint density at radius 2 is 1.68 bits per heavy atom. The van der Waals surface area contributed by atoms with Crippen LogP contribution in [0.5, 0.6) is 0 Å². The first-order valence-electron chi connectivity index (χ1n) is 7.81. The van der Waals surface area contributed by atoms with Gasteiger partial charge < -0.3 is 0 Å². The van der Waals surface area contributed by atoms with Crippen LogP contribution in [0.25, 0.3) is 0 Å². The molecule has 2 fully saturated rings. The summed E-state index contributed by atoms with van der Waals surface area (Å²) in [6, 6.07) is 0. The number of likely N-dealkylation sites (tertiary alicyclic amines) is 1. The van der Waals surface area contributed by atoms with Gasteiger partial charge in [-0.15, -0.1) is 0 Å². The second-order valence-corrected chi connectivity index (χ2v) is 6.30. The fourth-order valence-corrected chi connectivity index (χ4v) is 3.48. The molecule has 2 aliphatic rings. The van der Waals surface area contributed by atoms with Crippen molar-refractivity contribution in [3.05, 3.63) is 23.8 Å². The largest absolute Gasteiger partial charge is 0.299 e. The Balaban J connectivity index is 1.53. The molecular weight excluding hydrogens is 234 g/mol. The van der Waals surface area contributed by atoms with E-state index in [9.17, 15) is 0 Å². The van der Waals surface area contributed by atoms with Gasteiger partial charge in [0.15, 0.2) is 0 Å². The predicted octanol–water partition coefficient (Wildman–Crippen LogP) is 3.19. The van der Waals surface area contributed by atoms with Crippen LogP contribution in [0.1, 0.15) is 49.9 Å².